The van der Waals surface area contributed by atoms with Crippen molar-refractivity contribution in [2.45, 2.75) is 31.8 Å². The summed E-state index contributed by atoms with van der Waals surface area (Å²) in [6.07, 6.45) is 3.92. The fourth-order valence-corrected chi connectivity index (χ4v) is 2.63. The number of carbonyl (C=O) groups is 1. The number of likely N-dealkylation sites (N-methyl/N-ethyl adjacent to an activating group) is 1. The molecule has 1 aliphatic rings. The molecule has 2 heterocycles. The Morgan fingerprint density at radius 2 is 2.10 bits per heavy atom. The van der Waals surface area contributed by atoms with E-state index in [0.717, 1.165) is 31.7 Å². The fraction of sp³-hybridized carbons (Fsp3) is 0.600. The van der Waals surface area contributed by atoms with Crippen LogP contribution in [0.3, 0.4) is 0 Å². The lowest BCUT2D eigenvalue weighted by Gasteiger charge is -2.34. The van der Waals surface area contributed by atoms with E-state index >= 15 is 0 Å². The zero-order valence-corrected chi connectivity index (χ0v) is 12.5. The Morgan fingerprint density at radius 1 is 1.40 bits per heavy atom. The van der Waals surface area contributed by atoms with Gasteiger partial charge in [-0.15, -0.1) is 0 Å². The van der Waals surface area contributed by atoms with Gasteiger partial charge in [0.15, 0.2) is 0 Å². The van der Waals surface area contributed by atoms with Crippen LogP contribution in [0.25, 0.3) is 0 Å². The molecule has 1 fully saturated rings. The molecule has 1 saturated heterocycles. The van der Waals surface area contributed by atoms with E-state index in [-0.39, 0.29) is 11.9 Å². The minimum atomic E-state index is -0.114. The van der Waals surface area contributed by atoms with Gasteiger partial charge in [-0.25, -0.2) is 4.98 Å². The summed E-state index contributed by atoms with van der Waals surface area (Å²) in [5.41, 5.74) is 0. The second kappa shape index (κ2) is 6.70. The monoisotopic (exact) mass is 276 g/mol. The first-order valence-electron chi connectivity index (χ1n) is 7.21. The quantitative estimate of drug-likeness (QED) is 0.895. The van der Waals surface area contributed by atoms with Gasteiger partial charge in [0, 0.05) is 39.4 Å². The molecule has 0 spiro atoms. The molecule has 5 heteroatoms. The van der Waals surface area contributed by atoms with Crippen LogP contribution in [-0.2, 0) is 4.79 Å². The molecule has 0 aliphatic carbocycles. The van der Waals surface area contributed by atoms with Gasteiger partial charge >= 0.3 is 0 Å². The molecular weight excluding hydrogens is 252 g/mol. The predicted octanol–water partition coefficient (Wildman–Crippen LogP) is 1.12. The maximum absolute atomic E-state index is 11.8. The second-order valence-corrected chi connectivity index (χ2v) is 5.57. The lowest BCUT2D eigenvalue weighted by atomic mass is 10.0. The van der Waals surface area contributed by atoms with Crippen molar-refractivity contribution in [3.05, 3.63) is 24.4 Å². The number of aromatic nitrogens is 1. The van der Waals surface area contributed by atoms with Crippen LogP contribution in [0.15, 0.2) is 24.4 Å². The largest absolute Gasteiger partial charge is 0.357 e. The van der Waals surface area contributed by atoms with Gasteiger partial charge in [0.25, 0.3) is 0 Å². The van der Waals surface area contributed by atoms with E-state index < -0.39 is 0 Å². The Morgan fingerprint density at radius 3 is 2.65 bits per heavy atom. The number of piperidine rings is 1. The van der Waals surface area contributed by atoms with E-state index in [2.05, 4.69) is 15.2 Å². The third-order valence-electron chi connectivity index (χ3n) is 3.77. The van der Waals surface area contributed by atoms with Gasteiger partial charge in [-0.3, -0.25) is 4.79 Å². The molecule has 0 saturated carbocycles. The van der Waals surface area contributed by atoms with Gasteiger partial charge in [-0.1, -0.05) is 6.07 Å². The van der Waals surface area contributed by atoms with Crippen LogP contribution in [0.1, 0.15) is 19.8 Å². The Kier molecular flexibility index (Phi) is 4.95. The second-order valence-electron chi connectivity index (χ2n) is 5.57. The van der Waals surface area contributed by atoms with E-state index in [1.807, 2.05) is 31.3 Å². The highest BCUT2D eigenvalue weighted by Crippen LogP contribution is 2.17. The summed E-state index contributed by atoms with van der Waals surface area (Å²) in [5, 5.41) is 3.43. The van der Waals surface area contributed by atoms with Crippen LogP contribution in [0.4, 0.5) is 5.82 Å². The van der Waals surface area contributed by atoms with Crippen LogP contribution < -0.4 is 10.2 Å². The average molecular weight is 276 g/mol. The number of nitrogens with one attached hydrogen (secondary N) is 1. The van der Waals surface area contributed by atoms with Gasteiger partial charge in [-0.05, 0) is 31.9 Å². The summed E-state index contributed by atoms with van der Waals surface area (Å²) in [6.45, 7) is 3.91. The molecule has 1 N–H and O–H groups in total. The number of hydrogen-bond acceptors (Lipinski definition) is 4. The van der Waals surface area contributed by atoms with E-state index in [1.165, 1.54) is 0 Å². The maximum Gasteiger partial charge on any atom is 0.238 e. The molecule has 1 aromatic rings. The minimum Gasteiger partial charge on any atom is -0.357 e. The SMILES string of the molecule is CC(NC1CCN(c2ccccn2)CC1)C(=O)N(C)C. The van der Waals surface area contributed by atoms with E-state index in [4.69, 9.17) is 0 Å². The summed E-state index contributed by atoms with van der Waals surface area (Å²) in [4.78, 5) is 20.2. The fourth-order valence-electron chi connectivity index (χ4n) is 2.63. The standard InChI is InChI=1S/C15H24N4O/c1-12(15(20)18(2)3)17-13-7-10-19(11-8-13)14-6-4-5-9-16-14/h4-6,9,12-13,17H,7-8,10-11H2,1-3H3. The zero-order valence-electron chi connectivity index (χ0n) is 12.5. The molecule has 0 radical (unpaired) electrons. The Balaban J connectivity index is 1.81. The predicted molar refractivity (Wildman–Crippen MR) is 80.8 cm³/mol. The van der Waals surface area contributed by atoms with Crippen molar-refractivity contribution in [1.82, 2.24) is 15.2 Å². The minimum absolute atomic E-state index is 0.114. The number of nitrogens with zero attached hydrogens (tertiary/aromatic N) is 3. The average Bonchev–Trinajstić information content (AvgIpc) is 2.48. The number of amides is 1. The molecule has 5 nitrogen and oxygen atoms in total. The number of hydrogen-bond donors (Lipinski definition) is 1. The molecule has 1 atom stereocenters. The van der Waals surface area contributed by atoms with Crippen molar-refractivity contribution >= 4 is 11.7 Å². The first-order valence-corrected chi connectivity index (χ1v) is 7.21. The lowest BCUT2D eigenvalue weighted by Crippen LogP contribution is -2.50. The molecule has 20 heavy (non-hydrogen) atoms. The molecule has 1 aromatic heterocycles. The van der Waals surface area contributed by atoms with Crippen LogP contribution in [0, 0.1) is 0 Å². The molecule has 0 aromatic carbocycles. The summed E-state index contributed by atoms with van der Waals surface area (Å²) in [7, 11) is 3.59. The number of anilines is 1. The highest BCUT2D eigenvalue weighted by molar-refractivity contribution is 5.80. The normalized spacial score (nSPS) is 17.9. The molecule has 1 amide bonds. The first kappa shape index (κ1) is 14.8. The van der Waals surface area contributed by atoms with Crippen LogP contribution in [0.2, 0.25) is 0 Å². The van der Waals surface area contributed by atoms with Crippen molar-refractivity contribution in [1.29, 1.82) is 0 Å². The van der Waals surface area contributed by atoms with Crippen LogP contribution >= 0.6 is 0 Å². The topological polar surface area (TPSA) is 48.5 Å². The van der Waals surface area contributed by atoms with Crippen LogP contribution in [0.5, 0.6) is 0 Å². The lowest BCUT2D eigenvalue weighted by molar-refractivity contribution is -0.130. The summed E-state index contributed by atoms with van der Waals surface area (Å²) in [5.74, 6) is 1.18. The summed E-state index contributed by atoms with van der Waals surface area (Å²) in [6, 6.07) is 6.30. The molecular formula is C15H24N4O. The summed E-state index contributed by atoms with van der Waals surface area (Å²) >= 11 is 0. The first-order chi connectivity index (χ1) is 9.58. The molecule has 2 rings (SSSR count). The highest BCUT2D eigenvalue weighted by Gasteiger charge is 2.23. The van der Waals surface area contributed by atoms with Gasteiger partial charge in [0.2, 0.25) is 5.91 Å². The third kappa shape index (κ3) is 3.70. The highest BCUT2D eigenvalue weighted by atomic mass is 16.2. The number of carbonyl (C=O) groups excluding carboxylic acids is 1. The van der Waals surface area contributed by atoms with Gasteiger partial charge in [-0.2, -0.15) is 0 Å². The Labute approximate surface area is 121 Å². The van der Waals surface area contributed by atoms with Crippen molar-refractivity contribution in [2.24, 2.45) is 0 Å². The van der Waals surface area contributed by atoms with Crippen molar-refractivity contribution in [3.8, 4) is 0 Å². The molecule has 1 unspecified atom stereocenters. The van der Waals surface area contributed by atoms with Crippen molar-refractivity contribution in [3.63, 3.8) is 0 Å². The van der Waals surface area contributed by atoms with E-state index in [0.29, 0.717) is 6.04 Å². The molecule has 110 valence electrons. The number of pyridine rings is 1. The smallest absolute Gasteiger partial charge is 0.238 e. The van der Waals surface area contributed by atoms with Gasteiger partial charge < -0.3 is 15.1 Å². The third-order valence-corrected chi connectivity index (χ3v) is 3.77. The number of rotatable bonds is 4. The zero-order chi connectivity index (χ0) is 14.5. The van der Waals surface area contributed by atoms with Gasteiger partial charge in [0.05, 0.1) is 6.04 Å². The van der Waals surface area contributed by atoms with Gasteiger partial charge in [0.1, 0.15) is 5.82 Å². The molecule has 1 aliphatic heterocycles. The van der Waals surface area contributed by atoms with Crippen LogP contribution in [-0.4, -0.2) is 55.1 Å². The Hall–Kier alpha value is -1.62. The van der Waals surface area contributed by atoms with E-state index in [1.54, 1.807) is 19.0 Å². The maximum atomic E-state index is 11.8. The van der Waals surface area contributed by atoms with Crippen molar-refractivity contribution < 1.29 is 4.79 Å². The van der Waals surface area contributed by atoms with Crippen molar-refractivity contribution in [2.75, 3.05) is 32.1 Å². The van der Waals surface area contributed by atoms with E-state index in [9.17, 15) is 4.79 Å². The summed E-state index contributed by atoms with van der Waals surface area (Å²) < 4.78 is 0. The molecule has 0 bridgehead atoms. The Bertz CT molecular complexity index is 427.